The van der Waals surface area contributed by atoms with E-state index in [1.807, 2.05) is 41.4 Å². The third-order valence-corrected chi connectivity index (χ3v) is 2.18. The molecule has 0 aromatic carbocycles. The highest BCUT2D eigenvalue weighted by atomic mass is 15.1. The molecule has 14 heavy (non-hydrogen) atoms. The number of hydrogen-bond acceptors (Lipinski definition) is 2. The lowest BCUT2D eigenvalue weighted by Crippen LogP contribution is -1.95. The quantitative estimate of drug-likeness (QED) is 0.626. The summed E-state index contributed by atoms with van der Waals surface area (Å²) in [7, 11) is 0. The molecule has 0 bridgehead atoms. The molecule has 4 nitrogen and oxygen atoms in total. The summed E-state index contributed by atoms with van der Waals surface area (Å²) >= 11 is 0. The Morgan fingerprint density at radius 2 is 2.00 bits per heavy atom. The zero-order valence-electron chi connectivity index (χ0n) is 7.38. The molecule has 3 rings (SSSR count). The van der Waals surface area contributed by atoms with Gasteiger partial charge in [-0.1, -0.05) is 0 Å². The van der Waals surface area contributed by atoms with Crippen molar-refractivity contribution in [3.8, 4) is 5.82 Å². The fraction of sp³-hybridized carbons (Fsp3) is 0. The SMILES string of the molecule is c1ccn(-c2ncnc3[nH]ccc23)c1. The highest BCUT2D eigenvalue weighted by Crippen LogP contribution is 2.16. The largest absolute Gasteiger partial charge is 0.346 e. The first kappa shape index (κ1) is 7.32. The summed E-state index contributed by atoms with van der Waals surface area (Å²) in [5.41, 5.74) is 0.865. The molecule has 0 amide bonds. The van der Waals surface area contributed by atoms with Crippen molar-refractivity contribution in [2.45, 2.75) is 0 Å². The monoisotopic (exact) mass is 184 g/mol. The van der Waals surface area contributed by atoms with Gasteiger partial charge in [-0.25, -0.2) is 9.97 Å². The van der Waals surface area contributed by atoms with E-state index in [4.69, 9.17) is 0 Å². The van der Waals surface area contributed by atoms with Gasteiger partial charge in [0.05, 0.1) is 5.39 Å². The molecule has 0 radical (unpaired) electrons. The third kappa shape index (κ3) is 0.939. The molecule has 0 fully saturated rings. The van der Waals surface area contributed by atoms with Crippen LogP contribution in [0.25, 0.3) is 16.9 Å². The predicted octanol–water partition coefficient (Wildman–Crippen LogP) is 1.75. The number of hydrogen-bond donors (Lipinski definition) is 1. The molecular weight excluding hydrogens is 176 g/mol. The molecule has 4 heteroatoms. The van der Waals surface area contributed by atoms with Crippen LogP contribution in [0.1, 0.15) is 0 Å². The van der Waals surface area contributed by atoms with Crippen LogP contribution in [-0.2, 0) is 0 Å². The molecule has 68 valence electrons. The molecule has 0 aliphatic heterocycles. The zero-order chi connectivity index (χ0) is 9.38. The number of aromatic amines is 1. The van der Waals surface area contributed by atoms with Crippen molar-refractivity contribution in [2.75, 3.05) is 0 Å². The third-order valence-electron chi connectivity index (χ3n) is 2.18. The summed E-state index contributed by atoms with van der Waals surface area (Å²) in [4.78, 5) is 11.4. The predicted molar refractivity (Wildman–Crippen MR) is 53.2 cm³/mol. The van der Waals surface area contributed by atoms with Gasteiger partial charge in [0.25, 0.3) is 0 Å². The van der Waals surface area contributed by atoms with Crippen LogP contribution in [0.5, 0.6) is 0 Å². The molecule has 0 aliphatic carbocycles. The van der Waals surface area contributed by atoms with Gasteiger partial charge in [0.15, 0.2) is 0 Å². The van der Waals surface area contributed by atoms with Crippen molar-refractivity contribution in [2.24, 2.45) is 0 Å². The molecular formula is C10H8N4. The number of fused-ring (bicyclic) bond motifs is 1. The second-order valence-corrected chi connectivity index (χ2v) is 3.03. The van der Waals surface area contributed by atoms with E-state index >= 15 is 0 Å². The van der Waals surface area contributed by atoms with Crippen molar-refractivity contribution in [3.05, 3.63) is 43.1 Å². The Kier molecular flexibility index (Phi) is 1.41. The smallest absolute Gasteiger partial charge is 0.149 e. The summed E-state index contributed by atoms with van der Waals surface area (Å²) in [5.74, 6) is 0.904. The van der Waals surface area contributed by atoms with Crippen LogP contribution in [0.3, 0.4) is 0 Å². The standard InChI is InChI=1S/C10H8N4/c1-2-6-14(5-1)10-8-3-4-11-9(8)12-7-13-10/h1-7H,(H,11,12,13). The van der Waals surface area contributed by atoms with Gasteiger partial charge in [-0.05, 0) is 18.2 Å². The second kappa shape index (κ2) is 2.70. The molecule has 1 N–H and O–H groups in total. The summed E-state index contributed by atoms with van der Waals surface area (Å²) in [6.45, 7) is 0. The lowest BCUT2D eigenvalue weighted by Gasteiger charge is -2.01. The van der Waals surface area contributed by atoms with Crippen LogP contribution in [0.4, 0.5) is 0 Å². The maximum absolute atomic E-state index is 4.25. The first-order valence-electron chi connectivity index (χ1n) is 4.36. The van der Waals surface area contributed by atoms with Crippen LogP contribution in [0.15, 0.2) is 43.1 Å². The van der Waals surface area contributed by atoms with E-state index in [1.54, 1.807) is 6.33 Å². The Morgan fingerprint density at radius 3 is 2.86 bits per heavy atom. The van der Waals surface area contributed by atoms with Gasteiger partial charge in [-0.2, -0.15) is 0 Å². The Bertz CT molecular complexity index is 550. The molecule has 0 spiro atoms. The van der Waals surface area contributed by atoms with Gasteiger partial charge in [-0.15, -0.1) is 0 Å². The van der Waals surface area contributed by atoms with Crippen molar-refractivity contribution >= 4 is 11.0 Å². The van der Waals surface area contributed by atoms with E-state index in [9.17, 15) is 0 Å². The van der Waals surface area contributed by atoms with E-state index in [0.717, 1.165) is 16.9 Å². The van der Waals surface area contributed by atoms with Crippen LogP contribution in [-0.4, -0.2) is 19.5 Å². The van der Waals surface area contributed by atoms with E-state index in [1.165, 1.54) is 0 Å². The van der Waals surface area contributed by atoms with Gasteiger partial charge in [0, 0.05) is 18.6 Å². The average Bonchev–Trinajstić information content (AvgIpc) is 2.88. The highest BCUT2D eigenvalue weighted by Gasteiger charge is 2.04. The molecule has 0 aliphatic rings. The van der Waals surface area contributed by atoms with Crippen LogP contribution in [0, 0.1) is 0 Å². The minimum atomic E-state index is 0.865. The number of rotatable bonds is 1. The van der Waals surface area contributed by atoms with Crippen molar-refractivity contribution < 1.29 is 0 Å². The Hall–Kier alpha value is -2.10. The number of H-pyrrole nitrogens is 1. The molecule has 0 atom stereocenters. The Balaban J connectivity index is 2.36. The molecule has 0 unspecified atom stereocenters. The van der Waals surface area contributed by atoms with E-state index in [0.29, 0.717) is 0 Å². The van der Waals surface area contributed by atoms with Crippen LogP contribution >= 0.6 is 0 Å². The summed E-state index contributed by atoms with van der Waals surface area (Å²) in [6, 6.07) is 5.92. The minimum absolute atomic E-state index is 0.865. The summed E-state index contributed by atoms with van der Waals surface area (Å²) in [5, 5.41) is 1.03. The number of nitrogens with one attached hydrogen (secondary N) is 1. The molecule has 0 saturated carbocycles. The van der Waals surface area contributed by atoms with Crippen LogP contribution in [0.2, 0.25) is 0 Å². The maximum Gasteiger partial charge on any atom is 0.149 e. The zero-order valence-corrected chi connectivity index (χ0v) is 7.38. The Labute approximate surface area is 80.2 Å². The van der Waals surface area contributed by atoms with Gasteiger partial charge in [0.2, 0.25) is 0 Å². The maximum atomic E-state index is 4.25. The van der Waals surface area contributed by atoms with E-state index in [2.05, 4.69) is 15.0 Å². The molecule has 0 saturated heterocycles. The fourth-order valence-electron chi connectivity index (χ4n) is 1.54. The average molecular weight is 184 g/mol. The normalized spacial score (nSPS) is 10.9. The first-order chi connectivity index (χ1) is 6.95. The number of aromatic nitrogens is 4. The fourth-order valence-corrected chi connectivity index (χ4v) is 1.54. The van der Waals surface area contributed by atoms with Gasteiger partial charge < -0.3 is 9.55 Å². The molecule has 3 aromatic rings. The van der Waals surface area contributed by atoms with Gasteiger partial charge in [-0.3, -0.25) is 0 Å². The summed E-state index contributed by atoms with van der Waals surface area (Å²) < 4.78 is 1.97. The highest BCUT2D eigenvalue weighted by molar-refractivity contribution is 5.82. The second-order valence-electron chi connectivity index (χ2n) is 3.03. The number of nitrogens with zero attached hydrogens (tertiary/aromatic N) is 3. The lowest BCUT2D eigenvalue weighted by atomic mass is 10.4. The summed E-state index contributed by atoms with van der Waals surface area (Å²) in [6.07, 6.45) is 7.37. The van der Waals surface area contributed by atoms with E-state index in [-0.39, 0.29) is 0 Å². The van der Waals surface area contributed by atoms with Crippen molar-refractivity contribution in [3.63, 3.8) is 0 Å². The van der Waals surface area contributed by atoms with E-state index < -0.39 is 0 Å². The molecule has 3 heterocycles. The molecule has 3 aromatic heterocycles. The first-order valence-corrected chi connectivity index (χ1v) is 4.36. The van der Waals surface area contributed by atoms with Gasteiger partial charge >= 0.3 is 0 Å². The Morgan fingerprint density at radius 1 is 1.14 bits per heavy atom. The topological polar surface area (TPSA) is 46.5 Å². The van der Waals surface area contributed by atoms with Crippen LogP contribution < -0.4 is 0 Å². The minimum Gasteiger partial charge on any atom is -0.346 e. The van der Waals surface area contributed by atoms with Crippen molar-refractivity contribution in [1.29, 1.82) is 0 Å². The lowest BCUT2D eigenvalue weighted by molar-refractivity contribution is 1.01. The van der Waals surface area contributed by atoms with Gasteiger partial charge in [0.1, 0.15) is 17.8 Å². The van der Waals surface area contributed by atoms with Crippen molar-refractivity contribution in [1.82, 2.24) is 19.5 Å².